The minimum absolute atomic E-state index is 0.0796. The molecule has 4 nitrogen and oxygen atoms in total. The van der Waals surface area contributed by atoms with Crippen molar-refractivity contribution in [3.63, 3.8) is 0 Å². The van der Waals surface area contributed by atoms with Crippen LogP contribution in [0.1, 0.15) is 11.3 Å². The quantitative estimate of drug-likeness (QED) is 0.260. The van der Waals surface area contributed by atoms with Gasteiger partial charge in [-0.15, -0.1) is 0 Å². The molecule has 5 aromatic rings. The lowest BCUT2D eigenvalue weighted by Gasteiger charge is -2.06. The summed E-state index contributed by atoms with van der Waals surface area (Å²) in [7, 11) is 2.05. The second-order valence-electron chi connectivity index (χ2n) is 8.02. The zero-order valence-corrected chi connectivity index (χ0v) is 20.3. The third kappa shape index (κ3) is 3.46. The van der Waals surface area contributed by atoms with Crippen molar-refractivity contribution in [3.05, 3.63) is 110 Å². The summed E-state index contributed by atoms with van der Waals surface area (Å²) in [6, 6.07) is 26.1. The van der Waals surface area contributed by atoms with Crippen molar-refractivity contribution in [3.8, 4) is 5.69 Å². The molecule has 0 amide bonds. The van der Waals surface area contributed by atoms with E-state index in [4.69, 9.17) is 4.99 Å². The molecule has 2 heterocycles. The second kappa shape index (κ2) is 8.06. The van der Waals surface area contributed by atoms with Gasteiger partial charge in [0.2, 0.25) is 0 Å². The Kier molecular flexibility index (Phi) is 5.21. The summed E-state index contributed by atoms with van der Waals surface area (Å²) in [4.78, 5) is 18.9. The topological polar surface area (TPSA) is 39.3 Å². The molecule has 0 aliphatic carbocycles. The van der Waals surface area contributed by atoms with Crippen LogP contribution in [0.5, 0.6) is 0 Å². The molecule has 2 aromatic heterocycles. The largest absolute Gasteiger partial charge is 0.346 e. The van der Waals surface area contributed by atoms with Gasteiger partial charge in [0.1, 0.15) is 5.49 Å². The number of fused-ring (bicyclic) bond motifs is 2. The number of aryl methyl sites for hydroxylation is 2. The van der Waals surface area contributed by atoms with E-state index in [2.05, 4.69) is 46.2 Å². The first-order valence-corrected chi connectivity index (χ1v) is 11.5. The van der Waals surface area contributed by atoms with Crippen LogP contribution >= 0.6 is 22.6 Å². The highest BCUT2D eigenvalue weighted by Crippen LogP contribution is 2.31. The number of para-hydroxylation sites is 1. The number of rotatable bonds is 2. The minimum atomic E-state index is -0.0796. The Bertz CT molecular complexity index is 1630. The van der Waals surface area contributed by atoms with Gasteiger partial charge in [-0.2, -0.15) is 0 Å². The van der Waals surface area contributed by atoms with Crippen LogP contribution in [0.3, 0.4) is 0 Å². The molecule has 0 saturated heterocycles. The van der Waals surface area contributed by atoms with Gasteiger partial charge in [0.15, 0.2) is 0 Å². The summed E-state index contributed by atoms with van der Waals surface area (Å²) < 4.78 is 4.89. The highest BCUT2D eigenvalue weighted by atomic mass is 127. The highest BCUT2D eigenvalue weighted by molar-refractivity contribution is 14.1. The van der Waals surface area contributed by atoms with Crippen LogP contribution in [0.2, 0.25) is 0 Å². The number of halogens is 1. The van der Waals surface area contributed by atoms with Gasteiger partial charge in [0.05, 0.1) is 16.9 Å². The van der Waals surface area contributed by atoms with Crippen LogP contribution in [0.4, 0.5) is 5.69 Å². The average Bonchev–Trinajstić information content (AvgIpc) is 2.95. The first-order chi connectivity index (χ1) is 15.4. The number of benzene rings is 3. The summed E-state index contributed by atoms with van der Waals surface area (Å²) in [5.41, 5.74) is 5.52. The zero-order chi connectivity index (χ0) is 22.4. The van der Waals surface area contributed by atoms with Gasteiger partial charge in [-0.25, -0.2) is 4.99 Å². The molecule has 0 aliphatic rings. The van der Waals surface area contributed by atoms with E-state index in [-0.39, 0.29) is 5.56 Å². The molecule has 0 atom stereocenters. The van der Waals surface area contributed by atoms with Crippen LogP contribution in [0, 0.1) is 17.4 Å². The van der Waals surface area contributed by atoms with Gasteiger partial charge >= 0.3 is 0 Å². The summed E-state index contributed by atoms with van der Waals surface area (Å²) in [6.07, 6.45) is 0. The lowest BCUT2D eigenvalue weighted by molar-refractivity contribution is 0.904. The fourth-order valence-electron chi connectivity index (χ4n) is 4.11. The molecule has 3 aromatic carbocycles. The fraction of sp³-hybridized carbons (Fsp3) is 0.111. The van der Waals surface area contributed by atoms with Gasteiger partial charge in [0.25, 0.3) is 5.56 Å². The van der Waals surface area contributed by atoms with E-state index in [0.29, 0.717) is 10.9 Å². The molecule has 0 spiro atoms. The molecule has 158 valence electrons. The molecular formula is C27H22IN3O. The first-order valence-electron chi connectivity index (χ1n) is 10.5. The van der Waals surface area contributed by atoms with E-state index in [0.717, 1.165) is 42.5 Å². The number of hydrogen-bond acceptors (Lipinski definition) is 2. The zero-order valence-electron chi connectivity index (χ0n) is 18.1. The van der Waals surface area contributed by atoms with E-state index < -0.39 is 0 Å². The van der Waals surface area contributed by atoms with E-state index in [1.165, 1.54) is 0 Å². The molecule has 0 saturated carbocycles. The van der Waals surface area contributed by atoms with Gasteiger partial charge in [-0.1, -0.05) is 48.0 Å². The highest BCUT2D eigenvalue weighted by Gasteiger charge is 2.12. The molecule has 5 heteroatoms. The lowest BCUT2D eigenvalue weighted by Crippen LogP contribution is -2.28. The van der Waals surface area contributed by atoms with Gasteiger partial charge in [-0.05, 0) is 78.2 Å². The predicted molar refractivity (Wildman–Crippen MR) is 140 cm³/mol. The monoisotopic (exact) mass is 531 g/mol. The Morgan fingerprint density at radius 3 is 2.34 bits per heavy atom. The smallest absolute Gasteiger partial charge is 0.264 e. The van der Waals surface area contributed by atoms with Gasteiger partial charge < -0.3 is 4.57 Å². The van der Waals surface area contributed by atoms with Crippen molar-refractivity contribution < 1.29 is 0 Å². The maximum atomic E-state index is 13.8. The van der Waals surface area contributed by atoms with Crippen molar-refractivity contribution in [2.24, 2.45) is 12.0 Å². The molecule has 0 bridgehead atoms. The van der Waals surface area contributed by atoms with Gasteiger partial charge in [-0.3, -0.25) is 9.36 Å². The standard InChI is InChI=1S/C27H22IN3O/c1-17-8-13-21(14-9-17)31-25(15-11-19-10-12-20(28)16-23(19)27(31)32)29-26-18(2)30(3)24-7-5-4-6-22(24)26/h4-16H,1-3H3. The van der Waals surface area contributed by atoms with E-state index >= 15 is 0 Å². The van der Waals surface area contributed by atoms with E-state index in [9.17, 15) is 4.79 Å². The molecule has 0 aliphatic heterocycles. The van der Waals surface area contributed by atoms with Crippen LogP contribution in [0.15, 0.2) is 88.6 Å². The van der Waals surface area contributed by atoms with Crippen molar-refractivity contribution in [1.29, 1.82) is 0 Å². The summed E-state index contributed by atoms with van der Waals surface area (Å²) in [6.45, 7) is 4.11. The fourth-order valence-corrected chi connectivity index (χ4v) is 4.60. The van der Waals surface area contributed by atoms with Crippen LogP contribution < -0.4 is 11.0 Å². The molecule has 0 fully saturated rings. The molecule has 0 unspecified atom stereocenters. The number of hydrogen-bond donors (Lipinski definition) is 0. The number of aromatic nitrogens is 2. The molecule has 5 rings (SSSR count). The summed E-state index contributed by atoms with van der Waals surface area (Å²) in [5.74, 6) is 0. The maximum Gasteiger partial charge on any atom is 0.264 e. The second-order valence-corrected chi connectivity index (χ2v) is 9.27. The van der Waals surface area contributed by atoms with Crippen molar-refractivity contribution in [2.75, 3.05) is 0 Å². The van der Waals surface area contributed by atoms with E-state index in [1.54, 1.807) is 4.57 Å². The van der Waals surface area contributed by atoms with Gasteiger partial charge in [0, 0.05) is 27.1 Å². The average molecular weight is 531 g/mol. The molecular weight excluding hydrogens is 509 g/mol. The Morgan fingerprint density at radius 2 is 1.56 bits per heavy atom. The molecule has 0 N–H and O–H groups in total. The molecule has 0 radical (unpaired) electrons. The SMILES string of the molecule is Cc1ccc(-n2c(=Nc3c(C)n(C)c4ccccc34)ccc3ccc(I)cc3c2=O)cc1. The first kappa shape index (κ1) is 20.7. The maximum absolute atomic E-state index is 13.8. The molecule has 32 heavy (non-hydrogen) atoms. The normalized spacial score (nSPS) is 12.1. The lowest BCUT2D eigenvalue weighted by atomic mass is 10.2. The Morgan fingerprint density at radius 1 is 0.844 bits per heavy atom. The third-order valence-corrected chi connectivity index (χ3v) is 6.65. The number of nitrogens with zero attached hydrogens (tertiary/aromatic N) is 3. The minimum Gasteiger partial charge on any atom is -0.346 e. The Labute approximate surface area is 199 Å². The predicted octanol–water partition coefficient (Wildman–Crippen LogP) is 5.94. The summed E-state index contributed by atoms with van der Waals surface area (Å²) in [5, 5.41) is 2.64. The summed E-state index contributed by atoms with van der Waals surface area (Å²) >= 11 is 2.25. The van der Waals surface area contributed by atoms with Crippen molar-refractivity contribution in [1.82, 2.24) is 9.13 Å². The van der Waals surface area contributed by atoms with Crippen LogP contribution in [0.25, 0.3) is 27.4 Å². The van der Waals surface area contributed by atoms with Crippen LogP contribution in [-0.4, -0.2) is 9.13 Å². The Hall–Kier alpha value is -3.19. The van der Waals surface area contributed by atoms with Crippen LogP contribution in [-0.2, 0) is 7.05 Å². The Balaban J connectivity index is 1.95. The van der Waals surface area contributed by atoms with E-state index in [1.807, 2.05) is 80.7 Å². The van der Waals surface area contributed by atoms with Crippen molar-refractivity contribution in [2.45, 2.75) is 13.8 Å². The third-order valence-electron chi connectivity index (χ3n) is 5.97. The van der Waals surface area contributed by atoms with Crippen molar-refractivity contribution >= 4 is 50.0 Å².